The summed E-state index contributed by atoms with van der Waals surface area (Å²) in [7, 11) is 0. The summed E-state index contributed by atoms with van der Waals surface area (Å²) in [6.45, 7) is 6.52. The molecule has 4 atom stereocenters. The van der Waals surface area contributed by atoms with E-state index in [1.807, 2.05) is 0 Å². The van der Waals surface area contributed by atoms with Crippen LogP contribution in [0, 0.1) is 5.92 Å². The minimum Gasteiger partial charge on any atom is -0.374 e. The van der Waals surface area contributed by atoms with Gasteiger partial charge in [0, 0.05) is 24.0 Å². The molecule has 1 saturated carbocycles. The first-order chi connectivity index (χ1) is 9.15. The van der Waals surface area contributed by atoms with Gasteiger partial charge in [-0.1, -0.05) is 46.3 Å². The van der Waals surface area contributed by atoms with Crippen molar-refractivity contribution < 1.29 is 4.74 Å². The van der Waals surface area contributed by atoms with Gasteiger partial charge in [-0.25, -0.2) is 0 Å². The average molecular weight is 324 g/mol. The SMILES string of the molecule is CC(C)OC1CC2CN(Cc3ccccc3)C1C2Br. The van der Waals surface area contributed by atoms with Crippen LogP contribution in [0.15, 0.2) is 30.3 Å². The van der Waals surface area contributed by atoms with E-state index in [1.165, 1.54) is 18.5 Å². The van der Waals surface area contributed by atoms with Crippen LogP contribution in [0.5, 0.6) is 0 Å². The summed E-state index contributed by atoms with van der Waals surface area (Å²) < 4.78 is 6.11. The fourth-order valence-corrected chi connectivity index (χ4v) is 4.62. The van der Waals surface area contributed by atoms with Gasteiger partial charge in [0.25, 0.3) is 0 Å². The zero-order valence-corrected chi connectivity index (χ0v) is 13.2. The monoisotopic (exact) mass is 323 g/mol. The smallest absolute Gasteiger partial charge is 0.0748 e. The molecule has 2 aliphatic rings. The Balaban J connectivity index is 1.70. The van der Waals surface area contributed by atoms with Crippen LogP contribution in [0.4, 0.5) is 0 Å². The molecular formula is C16H22BrNO. The van der Waals surface area contributed by atoms with E-state index in [1.54, 1.807) is 0 Å². The molecule has 104 valence electrons. The number of ether oxygens (including phenoxy) is 1. The minimum absolute atomic E-state index is 0.322. The number of hydrogen-bond acceptors (Lipinski definition) is 2. The molecule has 0 N–H and O–H groups in total. The lowest BCUT2D eigenvalue weighted by Crippen LogP contribution is -2.44. The molecule has 0 amide bonds. The highest BCUT2D eigenvalue weighted by Crippen LogP contribution is 2.44. The molecule has 4 unspecified atom stereocenters. The second-order valence-electron chi connectivity index (χ2n) is 6.07. The molecule has 0 radical (unpaired) electrons. The largest absolute Gasteiger partial charge is 0.374 e. The molecule has 1 aliphatic heterocycles. The number of likely N-dealkylation sites (tertiary alicyclic amines) is 1. The van der Waals surface area contributed by atoms with Crippen LogP contribution >= 0.6 is 15.9 Å². The van der Waals surface area contributed by atoms with Gasteiger partial charge in [0.1, 0.15) is 0 Å². The number of rotatable bonds is 4. The van der Waals surface area contributed by atoms with Gasteiger partial charge < -0.3 is 4.74 Å². The lowest BCUT2D eigenvalue weighted by molar-refractivity contribution is -0.0433. The number of piperidine rings is 1. The molecule has 0 spiro atoms. The van der Waals surface area contributed by atoms with Gasteiger partial charge in [-0.05, 0) is 31.7 Å². The van der Waals surface area contributed by atoms with Crippen LogP contribution in [0.25, 0.3) is 0 Å². The number of alkyl halides is 1. The highest BCUT2D eigenvalue weighted by atomic mass is 79.9. The van der Waals surface area contributed by atoms with Crippen molar-refractivity contribution in [2.45, 2.75) is 49.9 Å². The maximum absolute atomic E-state index is 6.11. The Morgan fingerprint density at radius 1 is 1.32 bits per heavy atom. The van der Waals surface area contributed by atoms with Gasteiger partial charge in [-0.2, -0.15) is 0 Å². The van der Waals surface area contributed by atoms with E-state index in [-0.39, 0.29) is 0 Å². The molecule has 1 saturated heterocycles. The van der Waals surface area contributed by atoms with Crippen molar-refractivity contribution in [2.24, 2.45) is 5.92 Å². The second-order valence-corrected chi connectivity index (χ2v) is 7.13. The van der Waals surface area contributed by atoms with Gasteiger partial charge in [0.15, 0.2) is 0 Å². The van der Waals surface area contributed by atoms with Crippen LogP contribution in [0.1, 0.15) is 25.8 Å². The number of hydrogen-bond donors (Lipinski definition) is 0. The van der Waals surface area contributed by atoms with Crippen molar-refractivity contribution in [3.05, 3.63) is 35.9 Å². The predicted molar refractivity (Wildman–Crippen MR) is 81.5 cm³/mol. The van der Waals surface area contributed by atoms with Gasteiger partial charge in [-0.3, -0.25) is 4.90 Å². The Labute approximate surface area is 124 Å². The molecular weight excluding hydrogens is 302 g/mol. The van der Waals surface area contributed by atoms with E-state index in [4.69, 9.17) is 4.74 Å². The van der Waals surface area contributed by atoms with Crippen LogP contribution in [-0.4, -0.2) is 34.5 Å². The molecule has 3 rings (SSSR count). The fraction of sp³-hybridized carbons (Fsp3) is 0.625. The molecule has 1 heterocycles. The summed E-state index contributed by atoms with van der Waals surface area (Å²) in [5.41, 5.74) is 1.40. The van der Waals surface area contributed by atoms with Gasteiger partial charge in [0.05, 0.1) is 12.2 Å². The van der Waals surface area contributed by atoms with Crippen molar-refractivity contribution in [1.82, 2.24) is 4.90 Å². The van der Waals surface area contributed by atoms with Crippen LogP contribution in [0.2, 0.25) is 0 Å². The van der Waals surface area contributed by atoms with Crippen LogP contribution in [0.3, 0.4) is 0 Å². The van der Waals surface area contributed by atoms with Crippen molar-refractivity contribution in [1.29, 1.82) is 0 Å². The van der Waals surface area contributed by atoms with Crippen molar-refractivity contribution in [3.8, 4) is 0 Å². The molecule has 1 aliphatic carbocycles. The molecule has 2 nitrogen and oxygen atoms in total. The molecule has 19 heavy (non-hydrogen) atoms. The van der Waals surface area contributed by atoms with Gasteiger partial charge in [0.2, 0.25) is 0 Å². The summed E-state index contributed by atoms with van der Waals surface area (Å²) in [6, 6.07) is 11.3. The third-order valence-electron chi connectivity index (χ3n) is 4.26. The first-order valence-electron chi connectivity index (χ1n) is 7.22. The number of halogens is 1. The summed E-state index contributed by atoms with van der Waals surface area (Å²) in [5, 5.41) is 0. The van der Waals surface area contributed by atoms with Crippen LogP contribution < -0.4 is 0 Å². The van der Waals surface area contributed by atoms with E-state index < -0.39 is 0 Å². The van der Waals surface area contributed by atoms with Gasteiger partial charge >= 0.3 is 0 Å². The van der Waals surface area contributed by atoms with Gasteiger partial charge in [-0.15, -0.1) is 0 Å². The summed E-state index contributed by atoms with van der Waals surface area (Å²) in [5.74, 6) is 0.748. The van der Waals surface area contributed by atoms with E-state index in [0.29, 0.717) is 23.1 Å². The Bertz CT molecular complexity index is 420. The molecule has 2 fully saturated rings. The summed E-state index contributed by atoms with van der Waals surface area (Å²) in [6.07, 6.45) is 1.93. The first kappa shape index (κ1) is 13.6. The molecule has 2 bridgehead atoms. The average Bonchev–Trinajstić information content (AvgIpc) is 2.81. The number of fused-ring (bicyclic) bond motifs is 2. The van der Waals surface area contributed by atoms with Crippen LogP contribution in [-0.2, 0) is 11.3 Å². The molecule has 3 heteroatoms. The Kier molecular flexibility index (Phi) is 3.97. The maximum Gasteiger partial charge on any atom is 0.0748 e. The Hall–Kier alpha value is -0.380. The highest BCUT2D eigenvalue weighted by Gasteiger charge is 2.52. The van der Waals surface area contributed by atoms with E-state index >= 15 is 0 Å². The zero-order valence-electron chi connectivity index (χ0n) is 11.6. The number of nitrogens with zero attached hydrogens (tertiary/aromatic N) is 1. The minimum atomic E-state index is 0.322. The maximum atomic E-state index is 6.11. The quantitative estimate of drug-likeness (QED) is 0.787. The lowest BCUT2D eigenvalue weighted by atomic mass is 10.1. The molecule has 0 aromatic heterocycles. The lowest BCUT2D eigenvalue weighted by Gasteiger charge is -2.34. The van der Waals surface area contributed by atoms with Crippen molar-refractivity contribution >= 4 is 15.9 Å². The third-order valence-corrected chi connectivity index (χ3v) is 5.55. The summed E-state index contributed by atoms with van der Waals surface area (Å²) in [4.78, 5) is 3.19. The highest BCUT2D eigenvalue weighted by molar-refractivity contribution is 9.09. The number of benzene rings is 1. The van der Waals surface area contributed by atoms with E-state index in [0.717, 1.165) is 12.5 Å². The standard InChI is InChI=1S/C16H22BrNO/c1-11(2)19-14-8-13-10-18(16(14)15(13)17)9-12-6-4-3-5-7-12/h3-7,11,13-16H,8-10H2,1-2H3. The fourth-order valence-electron chi connectivity index (χ4n) is 3.56. The van der Waals surface area contributed by atoms with Crippen molar-refractivity contribution in [2.75, 3.05) is 6.54 Å². The normalized spacial score (nSPS) is 34.3. The first-order valence-corrected chi connectivity index (χ1v) is 8.14. The molecule has 1 aromatic rings. The zero-order chi connectivity index (χ0) is 13.4. The third kappa shape index (κ3) is 2.74. The predicted octanol–water partition coefficient (Wildman–Crippen LogP) is 3.45. The Morgan fingerprint density at radius 2 is 2.05 bits per heavy atom. The van der Waals surface area contributed by atoms with Crippen molar-refractivity contribution in [3.63, 3.8) is 0 Å². The second kappa shape index (κ2) is 5.55. The van der Waals surface area contributed by atoms with E-state index in [9.17, 15) is 0 Å². The topological polar surface area (TPSA) is 12.5 Å². The molecule has 1 aromatic carbocycles. The summed E-state index contributed by atoms with van der Waals surface area (Å²) >= 11 is 3.89. The van der Waals surface area contributed by atoms with E-state index in [2.05, 4.69) is 65.0 Å². The Morgan fingerprint density at radius 3 is 2.68 bits per heavy atom.